The molecule has 80 heavy (non-hydrogen) atoms. The highest BCUT2D eigenvalue weighted by atomic mass is 32.2. The van der Waals surface area contributed by atoms with E-state index in [-0.39, 0.29) is 62.6 Å². The molecule has 24 nitrogen and oxygen atoms in total. The number of hydrogen-bond acceptors (Lipinski definition) is 22. The van der Waals surface area contributed by atoms with Gasteiger partial charge in [0.05, 0.1) is 75.9 Å². The van der Waals surface area contributed by atoms with Gasteiger partial charge in [-0.2, -0.15) is 0 Å². The van der Waals surface area contributed by atoms with Crippen LogP contribution in [0.4, 0.5) is 20.7 Å². The first-order valence-electron chi connectivity index (χ1n) is 24.8. The summed E-state index contributed by atoms with van der Waals surface area (Å²) >= 11 is 0. The third-order valence-corrected chi connectivity index (χ3v) is 17.2. The summed E-state index contributed by atoms with van der Waals surface area (Å²) in [6.07, 6.45) is 2.10. The van der Waals surface area contributed by atoms with Crippen LogP contribution in [-0.2, 0) is 31.2 Å². The SMILES string of the molecule is COc1cccc(OC)c1-n1c(CS(=O)(=O)C2C[C@H](O)CN(c3ncc(F)cn3)C2)nnc1-c1cccc(C)n1.COc1cccc(OC)c1-n1c(CS(=O)(=O)[C@H]2C[C@@H](O)CN(c3ncc(F)cn3)C2)nnc1-c1cccc(C)n1. The van der Waals surface area contributed by atoms with E-state index in [9.17, 15) is 35.8 Å². The van der Waals surface area contributed by atoms with Gasteiger partial charge in [0.1, 0.15) is 57.3 Å². The number of halogens is 2. The van der Waals surface area contributed by atoms with Gasteiger partial charge in [-0.25, -0.2) is 55.5 Å². The van der Waals surface area contributed by atoms with E-state index in [1.807, 2.05) is 38.1 Å². The lowest BCUT2D eigenvalue weighted by molar-refractivity contribution is 0.154. The number of aryl methyl sites for hydroxylation is 2. The van der Waals surface area contributed by atoms with Crippen molar-refractivity contribution in [1.82, 2.24) is 59.4 Å². The number of piperidine rings is 2. The second-order valence-electron chi connectivity index (χ2n) is 18.8. The number of aromatic nitrogens is 12. The van der Waals surface area contributed by atoms with Gasteiger partial charge in [-0.1, -0.05) is 24.3 Å². The summed E-state index contributed by atoms with van der Waals surface area (Å²) in [5.41, 5.74) is 3.30. The van der Waals surface area contributed by atoms with Crippen molar-refractivity contribution >= 4 is 31.6 Å². The van der Waals surface area contributed by atoms with E-state index in [1.54, 1.807) is 57.7 Å². The van der Waals surface area contributed by atoms with Crippen LogP contribution in [0, 0.1) is 25.5 Å². The highest BCUT2D eigenvalue weighted by Gasteiger charge is 2.40. The molecular formula is C52H56F2N14O10S2. The minimum absolute atomic E-state index is 0.0123. The summed E-state index contributed by atoms with van der Waals surface area (Å²) in [7, 11) is -1.85. The van der Waals surface area contributed by atoms with E-state index in [1.165, 1.54) is 38.2 Å². The molecule has 0 spiro atoms. The van der Waals surface area contributed by atoms with Crippen LogP contribution >= 0.6 is 0 Å². The zero-order valence-electron chi connectivity index (χ0n) is 44.2. The molecule has 2 aromatic carbocycles. The van der Waals surface area contributed by atoms with Crippen molar-refractivity contribution in [3.8, 4) is 57.4 Å². The van der Waals surface area contributed by atoms with Crippen molar-refractivity contribution in [2.24, 2.45) is 0 Å². The van der Waals surface area contributed by atoms with Gasteiger partial charge in [0, 0.05) is 37.6 Å². The van der Waals surface area contributed by atoms with Crippen molar-refractivity contribution in [2.45, 2.75) is 60.9 Å². The molecule has 2 saturated heterocycles. The van der Waals surface area contributed by atoms with Crippen molar-refractivity contribution in [2.75, 3.05) is 64.4 Å². The number of ether oxygens (including phenoxy) is 4. The molecule has 6 aromatic heterocycles. The van der Waals surface area contributed by atoms with E-state index in [0.29, 0.717) is 57.4 Å². The number of hydrogen-bond donors (Lipinski definition) is 2. The van der Waals surface area contributed by atoms with Crippen molar-refractivity contribution in [3.05, 3.63) is 132 Å². The Bertz CT molecular complexity index is 3420. The Labute approximate surface area is 459 Å². The second-order valence-corrected chi connectivity index (χ2v) is 23.3. The number of pyridine rings is 2. The third-order valence-electron chi connectivity index (χ3n) is 13.2. The summed E-state index contributed by atoms with van der Waals surface area (Å²) in [6, 6.07) is 21.2. The molecule has 4 atom stereocenters. The smallest absolute Gasteiger partial charge is 0.225 e. The molecular weight excluding hydrogens is 1080 g/mol. The fourth-order valence-corrected chi connectivity index (χ4v) is 12.9. The first kappa shape index (κ1) is 56.4. The monoisotopic (exact) mass is 1140 g/mol. The Morgan fingerprint density at radius 3 is 1.18 bits per heavy atom. The van der Waals surface area contributed by atoms with Gasteiger partial charge in [0.15, 0.2) is 54.6 Å². The van der Waals surface area contributed by atoms with Gasteiger partial charge in [-0.05, 0) is 75.2 Å². The largest absolute Gasteiger partial charge is 0.494 e. The summed E-state index contributed by atoms with van der Waals surface area (Å²) in [4.78, 5) is 28.0. The highest BCUT2D eigenvalue weighted by molar-refractivity contribution is 7.91. The molecule has 2 aliphatic heterocycles. The van der Waals surface area contributed by atoms with E-state index >= 15 is 0 Å². The number of para-hydroxylation sites is 2. The zero-order valence-corrected chi connectivity index (χ0v) is 45.8. The van der Waals surface area contributed by atoms with Crippen LogP contribution < -0.4 is 28.7 Å². The zero-order chi connectivity index (χ0) is 56.9. The minimum Gasteiger partial charge on any atom is -0.494 e. The Morgan fingerprint density at radius 2 is 0.850 bits per heavy atom. The molecule has 1 unspecified atom stereocenters. The molecule has 420 valence electrons. The van der Waals surface area contributed by atoms with Gasteiger partial charge in [0.2, 0.25) is 11.9 Å². The van der Waals surface area contributed by atoms with Crippen molar-refractivity contribution in [1.29, 1.82) is 0 Å². The minimum atomic E-state index is -3.92. The lowest BCUT2D eigenvalue weighted by Gasteiger charge is -2.35. The molecule has 2 aliphatic rings. The molecule has 0 amide bonds. The Kier molecular flexibility index (Phi) is 16.9. The molecule has 10 rings (SSSR count). The average Bonchev–Trinajstić information content (AvgIpc) is 4.05. The number of rotatable bonds is 16. The maximum Gasteiger partial charge on any atom is 0.225 e. The fraction of sp³-hybridized carbons (Fsp3) is 0.346. The second kappa shape index (κ2) is 23.9. The van der Waals surface area contributed by atoms with Crippen LogP contribution in [0.15, 0.2) is 97.6 Å². The van der Waals surface area contributed by atoms with Crippen LogP contribution in [0.5, 0.6) is 23.0 Å². The summed E-state index contributed by atoms with van der Waals surface area (Å²) in [6.45, 7) is 3.95. The van der Waals surface area contributed by atoms with Crippen LogP contribution in [-0.4, -0.2) is 164 Å². The fourth-order valence-electron chi connectivity index (χ4n) is 9.50. The van der Waals surface area contributed by atoms with Gasteiger partial charge >= 0.3 is 0 Å². The van der Waals surface area contributed by atoms with Gasteiger partial charge in [-0.3, -0.25) is 9.13 Å². The van der Waals surface area contributed by atoms with Crippen molar-refractivity contribution < 1.29 is 54.8 Å². The normalized spacial score (nSPS) is 17.6. The number of anilines is 2. The molecule has 28 heteroatoms. The molecule has 0 bridgehead atoms. The Balaban J connectivity index is 0.000000194. The summed E-state index contributed by atoms with van der Waals surface area (Å²) in [5.74, 6) is 0.555. The van der Waals surface area contributed by atoms with E-state index in [2.05, 4.69) is 50.3 Å². The molecule has 0 radical (unpaired) electrons. The van der Waals surface area contributed by atoms with E-state index in [4.69, 9.17) is 18.9 Å². The van der Waals surface area contributed by atoms with E-state index < -0.39 is 65.5 Å². The maximum atomic E-state index is 13.8. The Hall–Kier alpha value is -8.34. The number of aliphatic hydroxyl groups is 2. The highest BCUT2D eigenvalue weighted by Crippen LogP contribution is 2.39. The number of sulfone groups is 2. The molecule has 2 fully saturated rings. The first-order chi connectivity index (χ1) is 38.4. The van der Waals surface area contributed by atoms with Gasteiger partial charge < -0.3 is 39.0 Å². The van der Waals surface area contributed by atoms with Crippen LogP contribution in [0.1, 0.15) is 35.9 Å². The van der Waals surface area contributed by atoms with Crippen LogP contribution in [0.3, 0.4) is 0 Å². The summed E-state index contributed by atoms with van der Waals surface area (Å²) in [5, 5.41) is 36.3. The predicted molar refractivity (Wildman–Crippen MR) is 287 cm³/mol. The first-order valence-corrected chi connectivity index (χ1v) is 28.3. The predicted octanol–water partition coefficient (Wildman–Crippen LogP) is 4.28. The molecule has 8 heterocycles. The van der Waals surface area contributed by atoms with Crippen LogP contribution in [0.25, 0.3) is 34.4 Å². The number of β-amino-alcohol motifs (C(OH)–C–C–N with tert-alkyl or cyclic N) is 2. The number of aliphatic hydroxyl groups excluding tert-OH is 2. The number of methoxy groups -OCH3 is 4. The molecule has 8 aromatic rings. The third kappa shape index (κ3) is 12.3. The van der Waals surface area contributed by atoms with Crippen molar-refractivity contribution in [3.63, 3.8) is 0 Å². The van der Waals surface area contributed by atoms with Gasteiger partial charge in [-0.15, -0.1) is 20.4 Å². The summed E-state index contributed by atoms with van der Waals surface area (Å²) < 4.78 is 108. The number of nitrogens with zero attached hydrogens (tertiary/aromatic N) is 14. The molecule has 2 N–H and O–H groups in total. The topological polar surface area (TPSA) is 291 Å². The quantitative estimate of drug-likeness (QED) is 0.136. The average molecular weight is 1140 g/mol. The Morgan fingerprint density at radius 1 is 0.512 bits per heavy atom. The molecule has 0 saturated carbocycles. The molecule has 0 aliphatic carbocycles. The van der Waals surface area contributed by atoms with E-state index in [0.717, 1.165) is 36.2 Å². The standard InChI is InChI=1S/2C26H28FN7O5S/c2*1-16-6-4-7-20(30-16)25-32-31-23(34(25)24-21(38-2)8-5-9-22(24)39-3)15-40(36,37)19-10-18(35)13-33(14-19)26-28-11-17(27)12-29-26/h2*4-9,11-12,18-19,35H,10,13-15H2,1-3H3/t18-,19?;18-,19+/m01/s1. The van der Waals surface area contributed by atoms with Gasteiger partial charge in [0.25, 0.3) is 0 Å². The number of benzene rings is 2. The lowest BCUT2D eigenvalue weighted by atomic mass is 10.1. The van der Waals surface area contributed by atoms with Crippen LogP contribution in [0.2, 0.25) is 0 Å². The maximum absolute atomic E-state index is 13.8. The lowest BCUT2D eigenvalue weighted by Crippen LogP contribution is -2.49.